The molecule has 4 aliphatic heterocycles. The molecule has 17 nitrogen and oxygen atoms in total. The number of aldehydes is 1. The van der Waals surface area contributed by atoms with Gasteiger partial charge in [0, 0.05) is 112 Å². The minimum atomic E-state index is -1.20. The fourth-order valence-corrected chi connectivity index (χ4v) is 12.6. The highest BCUT2D eigenvalue weighted by Crippen LogP contribution is 2.44. The first-order valence-corrected chi connectivity index (χ1v) is 27.6. The number of hydrogen-bond donors (Lipinski definition) is 2. The van der Waals surface area contributed by atoms with E-state index in [9.17, 15) is 19.2 Å². The van der Waals surface area contributed by atoms with Gasteiger partial charge in [-0.2, -0.15) is 0 Å². The van der Waals surface area contributed by atoms with Crippen molar-refractivity contribution in [2.24, 2.45) is 11.3 Å². The largest absolute Gasteiger partial charge is 0.378 e. The van der Waals surface area contributed by atoms with Crippen molar-refractivity contribution in [3.05, 3.63) is 82.2 Å². The molecule has 0 unspecified atom stereocenters. The van der Waals surface area contributed by atoms with E-state index >= 15 is 0 Å². The van der Waals surface area contributed by atoms with Crippen molar-refractivity contribution >= 4 is 51.9 Å². The Balaban J connectivity index is 1.10. The summed E-state index contributed by atoms with van der Waals surface area (Å²) in [4.78, 5) is 78.4. The third kappa shape index (κ3) is 10.9. The number of aromatic nitrogens is 4. The summed E-state index contributed by atoms with van der Waals surface area (Å²) < 4.78 is 21.2. The lowest BCUT2D eigenvalue weighted by atomic mass is 9.76. The summed E-state index contributed by atoms with van der Waals surface area (Å²) in [6, 6.07) is 10.6. The van der Waals surface area contributed by atoms with E-state index in [1.54, 1.807) is 26.6 Å². The summed E-state index contributed by atoms with van der Waals surface area (Å²) in [7, 11) is 5.52. The Labute approximate surface area is 445 Å². The summed E-state index contributed by atoms with van der Waals surface area (Å²) >= 11 is 1.42. The maximum Gasteiger partial charge on any atom is 0.259 e. The van der Waals surface area contributed by atoms with E-state index in [1.165, 1.54) is 21.2 Å². The molecule has 4 aromatic heterocycles. The van der Waals surface area contributed by atoms with Crippen LogP contribution in [0.25, 0.3) is 33.4 Å². The predicted molar refractivity (Wildman–Crippen MR) is 291 cm³/mol. The van der Waals surface area contributed by atoms with Gasteiger partial charge in [-0.05, 0) is 99.4 Å². The molecule has 75 heavy (non-hydrogen) atoms. The number of carbonyl (C=O) groups excluding carboxylic acids is 4. The number of amides is 3. The molecule has 402 valence electrons. The average molecular weight is 1050 g/mol. The zero-order chi connectivity index (χ0) is 53.4. The lowest BCUT2D eigenvalue weighted by Gasteiger charge is -2.42. The van der Waals surface area contributed by atoms with Gasteiger partial charge in [0.2, 0.25) is 5.91 Å². The van der Waals surface area contributed by atoms with E-state index in [1.807, 2.05) is 51.4 Å². The standard InChI is InChI=1S/C57H76N10O7S/c1-11-66-46-14-13-38-27-41(46)43(50(66)42-28-40(31-59-48(42)37(4)72-10)65-24-22-63(8)23-25-65)30-55(5,6)34-73-35-57(33-68)17-12-21-67(62-57)53(70)44(29-47-60-45(38)32-75-47)61-52(69)49(36(2)3)64(9)54(71)51-56(7,18-26-74-51)39-15-19-58-20-16-39/h13-16,19-20,27-28,31-33,36-37,44,49,51,62H,11-12,17-18,21-26,29-30,34-35H2,1-10H3,(H,61,69)/t37-,44-,49-,51-,56-,57-/m0/s1. The molecule has 1 aromatic carbocycles. The molecule has 3 amide bonds. The predicted octanol–water partition coefficient (Wildman–Crippen LogP) is 6.62. The van der Waals surface area contributed by atoms with Gasteiger partial charge in [0.25, 0.3) is 11.8 Å². The Bertz CT molecular complexity index is 2880. The highest BCUT2D eigenvalue weighted by molar-refractivity contribution is 7.10. The van der Waals surface area contributed by atoms with Crippen LogP contribution in [0.1, 0.15) is 95.7 Å². The van der Waals surface area contributed by atoms with Gasteiger partial charge in [0.05, 0.1) is 53.3 Å². The highest BCUT2D eigenvalue weighted by Gasteiger charge is 2.49. The second kappa shape index (κ2) is 22.1. The zero-order valence-corrected chi connectivity index (χ0v) is 46.3. The maximum atomic E-state index is 15.0. The number of carbonyl (C=O) groups is 4. The monoisotopic (exact) mass is 1040 g/mol. The summed E-state index contributed by atoms with van der Waals surface area (Å²) in [5.41, 5.74) is 9.92. The first-order valence-electron chi connectivity index (χ1n) is 26.7. The minimum absolute atomic E-state index is 0.0285. The summed E-state index contributed by atoms with van der Waals surface area (Å²) in [6.07, 6.45) is 7.46. The number of piperazine rings is 1. The van der Waals surface area contributed by atoms with Crippen molar-refractivity contribution in [3.8, 4) is 22.5 Å². The molecule has 3 fully saturated rings. The van der Waals surface area contributed by atoms with Crippen LogP contribution in [0.5, 0.6) is 0 Å². The first-order chi connectivity index (χ1) is 35.9. The highest BCUT2D eigenvalue weighted by atomic mass is 32.1. The first kappa shape index (κ1) is 54.2. The molecule has 2 N–H and O–H groups in total. The molecular weight excluding hydrogens is 969 g/mol. The van der Waals surface area contributed by atoms with Gasteiger partial charge in [0.1, 0.15) is 30.0 Å². The van der Waals surface area contributed by atoms with E-state index in [0.717, 1.165) is 88.4 Å². The van der Waals surface area contributed by atoms with Gasteiger partial charge >= 0.3 is 0 Å². The summed E-state index contributed by atoms with van der Waals surface area (Å²) in [5, 5.41) is 8.30. The number of benzene rings is 1. The Morgan fingerprint density at radius 1 is 1.04 bits per heavy atom. The van der Waals surface area contributed by atoms with Crippen molar-refractivity contribution < 1.29 is 33.4 Å². The lowest BCUT2D eigenvalue weighted by molar-refractivity contribution is -0.151. The fraction of sp³-hybridized carbons (Fsp3) is 0.561. The van der Waals surface area contributed by atoms with E-state index in [-0.39, 0.29) is 31.0 Å². The second-order valence-corrected chi connectivity index (χ2v) is 23.5. The topological polar surface area (TPSA) is 177 Å². The molecular formula is C57H76N10O7S. The normalized spacial score (nSPS) is 24.5. The molecule has 6 atom stereocenters. The van der Waals surface area contributed by atoms with Crippen LogP contribution >= 0.6 is 11.3 Å². The van der Waals surface area contributed by atoms with Crippen LogP contribution in [0, 0.1) is 11.3 Å². The van der Waals surface area contributed by atoms with Crippen molar-refractivity contribution in [2.75, 3.05) is 78.6 Å². The van der Waals surface area contributed by atoms with Crippen LogP contribution in [0.2, 0.25) is 0 Å². The number of nitrogens with one attached hydrogen (secondary N) is 2. The maximum absolute atomic E-state index is 15.0. The van der Waals surface area contributed by atoms with Crippen LogP contribution in [0.15, 0.2) is 60.4 Å². The summed E-state index contributed by atoms with van der Waals surface area (Å²) in [6.45, 7) is 19.9. The average Bonchev–Trinajstić information content (AvgIpc) is 4.13. The van der Waals surface area contributed by atoms with Gasteiger partial charge in [-0.25, -0.2) is 10.4 Å². The summed E-state index contributed by atoms with van der Waals surface area (Å²) in [5.74, 6) is -1.55. The molecule has 9 rings (SSSR count). The van der Waals surface area contributed by atoms with Crippen molar-refractivity contribution in [2.45, 2.75) is 122 Å². The van der Waals surface area contributed by atoms with Crippen molar-refractivity contribution in [1.82, 2.24) is 45.1 Å². The second-order valence-electron chi connectivity index (χ2n) is 22.6. The molecule has 0 spiro atoms. The van der Waals surface area contributed by atoms with E-state index < -0.39 is 46.4 Å². The number of nitrogens with zero attached hydrogens (tertiary/aromatic N) is 8. The van der Waals surface area contributed by atoms with Crippen LogP contribution < -0.4 is 15.6 Å². The molecule has 0 saturated carbocycles. The van der Waals surface area contributed by atoms with Gasteiger partial charge in [-0.3, -0.25) is 29.4 Å². The van der Waals surface area contributed by atoms with Crippen LogP contribution in [0.4, 0.5) is 5.69 Å². The van der Waals surface area contributed by atoms with Crippen molar-refractivity contribution in [1.29, 1.82) is 0 Å². The molecule has 4 aliphatic rings. The number of thiazole rings is 1. The lowest BCUT2D eigenvalue weighted by Crippen LogP contribution is -2.66. The SMILES string of the molecule is CCn1c(-c2cc(N3CCN(C)CC3)cnc2[C@H](C)OC)c2c3cc(ccc31)-c1csc(n1)C[C@H](NC(=O)[C@H](C(C)C)N(C)C(=O)[C@@H]1OCC[C@@]1(C)c1ccncc1)C(=O)N1CCC[C@](C=O)(COCC(C)(C)C2)N1. The number of hydrogen-bond acceptors (Lipinski definition) is 14. The van der Waals surface area contributed by atoms with Crippen LogP contribution in [-0.4, -0.2) is 156 Å². The number of anilines is 1. The number of methoxy groups -OCH3 is 1. The Kier molecular flexibility index (Phi) is 16.0. The third-order valence-corrected chi connectivity index (χ3v) is 17.0. The zero-order valence-electron chi connectivity index (χ0n) is 45.5. The molecule has 6 bridgehead atoms. The smallest absolute Gasteiger partial charge is 0.259 e. The van der Waals surface area contributed by atoms with Crippen molar-refractivity contribution in [3.63, 3.8) is 0 Å². The van der Waals surface area contributed by atoms with E-state index in [4.69, 9.17) is 24.2 Å². The minimum Gasteiger partial charge on any atom is -0.378 e. The molecule has 0 radical (unpaired) electrons. The third-order valence-electron chi connectivity index (χ3n) is 16.2. The molecule has 0 aliphatic carbocycles. The molecule has 3 saturated heterocycles. The van der Waals surface area contributed by atoms with E-state index in [0.29, 0.717) is 57.0 Å². The van der Waals surface area contributed by atoms with Gasteiger partial charge in [-0.15, -0.1) is 11.3 Å². The van der Waals surface area contributed by atoms with Crippen LogP contribution in [0.3, 0.4) is 0 Å². The number of hydrazine groups is 1. The van der Waals surface area contributed by atoms with Crippen LogP contribution in [-0.2, 0) is 58.2 Å². The molecule has 18 heteroatoms. The number of ether oxygens (including phenoxy) is 3. The van der Waals surface area contributed by atoms with Gasteiger partial charge in [0.15, 0.2) is 0 Å². The molecule has 8 heterocycles. The van der Waals surface area contributed by atoms with E-state index in [2.05, 4.69) is 82.2 Å². The number of pyridine rings is 2. The number of fused-ring (bicyclic) bond motifs is 6. The Morgan fingerprint density at radius 2 is 1.80 bits per heavy atom. The Morgan fingerprint density at radius 3 is 2.51 bits per heavy atom. The van der Waals surface area contributed by atoms with Gasteiger partial charge in [-0.1, -0.05) is 40.7 Å². The fourth-order valence-electron chi connectivity index (χ4n) is 11.8. The number of likely N-dealkylation sites (N-methyl/N-ethyl adjacent to an activating group) is 2. The number of aryl methyl sites for hydroxylation is 1. The number of rotatable bonds is 12. The van der Waals surface area contributed by atoms with Gasteiger partial charge < -0.3 is 43.6 Å². The Hall–Kier alpha value is -5.63. The quantitative estimate of drug-likeness (QED) is 0.128. The molecule has 5 aromatic rings.